The summed E-state index contributed by atoms with van der Waals surface area (Å²) in [5, 5.41) is 2.87. The topological polar surface area (TPSA) is 69.7 Å². The molecule has 0 unspecified atom stereocenters. The molecule has 2 rings (SSSR count). The summed E-state index contributed by atoms with van der Waals surface area (Å²) >= 11 is 0. The van der Waals surface area contributed by atoms with Gasteiger partial charge in [0.1, 0.15) is 11.9 Å². The summed E-state index contributed by atoms with van der Waals surface area (Å²) in [6.45, 7) is 5.09. The average molecular weight is 400 g/mol. The largest absolute Gasteiger partial charge is 0.353 e. The molecule has 0 saturated carbocycles. The molecule has 27 heavy (non-hydrogen) atoms. The number of carbonyl (C=O) groups is 1. The van der Waals surface area contributed by atoms with E-state index < -0.39 is 21.9 Å². The average Bonchev–Trinajstić information content (AvgIpc) is 2.88. The van der Waals surface area contributed by atoms with Gasteiger partial charge < -0.3 is 10.2 Å². The molecule has 0 aromatic heterocycles. The molecule has 152 valence electrons. The first-order valence-corrected chi connectivity index (χ1v) is 11.4. The minimum absolute atomic E-state index is 0.286. The first kappa shape index (κ1) is 21.6. The third-order valence-electron chi connectivity index (χ3n) is 4.84. The van der Waals surface area contributed by atoms with Crippen molar-refractivity contribution >= 4 is 21.6 Å². The van der Waals surface area contributed by atoms with E-state index in [1.165, 1.54) is 49.9 Å². The van der Waals surface area contributed by atoms with Crippen molar-refractivity contribution in [3.05, 3.63) is 30.1 Å². The van der Waals surface area contributed by atoms with Crippen molar-refractivity contribution in [1.82, 2.24) is 10.2 Å². The summed E-state index contributed by atoms with van der Waals surface area (Å²) in [7, 11) is -3.70. The molecule has 0 spiro atoms. The van der Waals surface area contributed by atoms with Crippen LogP contribution in [0.4, 0.5) is 10.1 Å². The molecule has 0 bridgehead atoms. The van der Waals surface area contributed by atoms with Crippen LogP contribution in [0.2, 0.25) is 0 Å². The van der Waals surface area contributed by atoms with E-state index in [2.05, 4.69) is 10.2 Å². The number of hydrogen-bond donors (Lipinski definition) is 1. The van der Waals surface area contributed by atoms with Crippen LogP contribution in [0.5, 0.6) is 0 Å². The molecule has 8 heteroatoms. The smallest absolute Gasteiger partial charge is 0.243 e. The summed E-state index contributed by atoms with van der Waals surface area (Å²) in [5.41, 5.74) is 0.286. The summed E-state index contributed by atoms with van der Waals surface area (Å²) in [6, 6.07) is 4.27. The van der Waals surface area contributed by atoms with E-state index in [4.69, 9.17) is 0 Å². The van der Waals surface area contributed by atoms with Gasteiger partial charge in [-0.25, -0.2) is 12.8 Å². The molecular formula is C19H30FN3O3S. The molecule has 1 fully saturated rings. The molecule has 1 atom stereocenters. The quantitative estimate of drug-likeness (QED) is 0.729. The molecule has 1 aromatic carbocycles. The maximum atomic E-state index is 13.2. The van der Waals surface area contributed by atoms with E-state index in [9.17, 15) is 17.6 Å². The third-order valence-corrected chi connectivity index (χ3v) is 6.02. The van der Waals surface area contributed by atoms with Crippen LogP contribution in [0.15, 0.2) is 24.3 Å². The van der Waals surface area contributed by atoms with Gasteiger partial charge in [0.2, 0.25) is 15.9 Å². The molecule has 1 N–H and O–H groups in total. The Balaban J connectivity index is 2.04. The third kappa shape index (κ3) is 6.46. The van der Waals surface area contributed by atoms with E-state index in [1.54, 1.807) is 6.92 Å². The lowest BCUT2D eigenvalue weighted by atomic mass is 10.2. The second-order valence-electron chi connectivity index (χ2n) is 7.01. The molecule has 1 heterocycles. The lowest BCUT2D eigenvalue weighted by Gasteiger charge is -2.30. The predicted molar refractivity (Wildman–Crippen MR) is 106 cm³/mol. The van der Waals surface area contributed by atoms with Gasteiger partial charge in [0.25, 0.3) is 0 Å². The van der Waals surface area contributed by atoms with Gasteiger partial charge in [-0.05, 0) is 56.6 Å². The summed E-state index contributed by atoms with van der Waals surface area (Å²) in [5.74, 6) is -0.788. The number of anilines is 1. The molecule has 1 saturated heterocycles. The Morgan fingerprint density at radius 3 is 2.30 bits per heavy atom. The molecule has 6 nitrogen and oxygen atoms in total. The number of sulfonamides is 1. The number of hydrogen-bond acceptors (Lipinski definition) is 4. The molecule has 0 radical (unpaired) electrons. The van der Waals surface area contributed by atoms with Gasteiger partial charge in [0.05, 0.1) is 11.9 Å². The predicted octanol–water partition coefficient (Wildman–Crippen LogP) is 2.36. The van der Waals surface area contributed by atoms with Gasteiger partial charge in [-0.15, -0.1) is 0 Å². The van der Waals surface area contributed by atoms with Crippen molar-refractivity contribution in [3.63, 3.8) is 0 Å². The number of rotatable bonds is 8. The fraction of sp³-hybridized carbons (Fsp3) is 0.632. The van der Waals surface area contributed by atoms with Crippen molar-refractivity contribution in [2.24, 2.45) is 0 Å². The van der Waals surface area contributed by atoms with Gasteiger partial charge >= 0.3 is 0 Å². The maximum Gasteiger partial charge on any atom is 0.243 e. The second-order valence-corrected chi connectivity index (χ2v) is 8.87. The van der Waals surface area contributed by atoms with Crippen molar-refractivity contribution in [2.45, 2.75) is 45.1 Å². The number of halogens is 1. The van der Waals surface area contributed by atoms with E-state index >= 15 is 0 Å². The Labute approximate surface area is 161 Å². The Kier molecular flexibility index (Phi) is 8.04. The highest BCUT2D eigenvalue weighted by Crippen LogP contribution is 2.22. The Hall–Kier alpha value is -1.67. The van der Waals surface area contributed by atoms with Crippen LogP contribution in [0.1, 0.15) is 39.0 Å². The van der Waals surface area contributed by atoms with Crippen molar-refractivity contribution < 1.29 is 17.6 Å². The van der Waals surface area contributed by atoms with Gasteiger partial charge in [-0.2, -0.15) is 0 Å². The van der Waals surface area contributed by atoms with E-state index in [0.717, 1.165) is 30.2 Å². The molecule has 0 aliphatic carbocycles. The van der Waals surface area contributed by atoms with Gasteiger partial charge in [-0.3, -0.25) is 9.10 Å². The van der Waals surface area contributed by atoms with Crippen LogP contribution in [-0.4, -0.2) is 57.7 Å². The highest BCUT2D eigenvalue weighted by molar-refractivity contribution is 7.92. The Morgan fingerprint density at radius 2 is 1.78 bits per heavy atom. The Morgan fingerprint density at radius 1 is 1.19 bits per heavy atom. The highest BCUT2D eigenvalue weighted by atomic mass is 32.2. The lowest BCUT2D eigenvalue weighted by molar-refractivity contribution is -0.122. The number of likely N-dealkylation sites (tertiary alicyclic amines) is 1. The number of nitrogens with zero attached hydrogens (tertiary/aromatic N) is 2. The van der Waals surface area contributed by atoms with Gasteiger partial charge in [-0.1, -0.05) is 19.8 Å². The Bertz CT molecular complexity index is 701. The first-order chi connectivity index (χ1) is 12.8. The van der Waals surface area contributed by atoms with Gasteiger partial charge in [0.15, 0.2) is 0 Å². The number of carbonyl (C=O) groups excluding carboxylic acids is 1. The fourth-order valence-corrected chi connectivity index (χ4v) is 4.67. The standard InChI is InChI=1S/C19H30FN3O3S/c1-3-18(19(24)21-12-15-22-13-6-4-5-7-14-22)23(27(2,25)26)17-10-8-16(20)9-11-17/h8-11,18H,3-7,12-15H2,1-2H3,(H,21,24)/t18-/m0/s1. The number of benzene rings is 1. The number of amides is 1. The zero-order valence-corrected chi connectivity index (χ0v) is 17.0. The van der Waals surface area contributed by atoms with Crippen molar-refractivity contribution in [1.29, 1.82) is 0 Å². The summed E-state index contributed by atoms with van der Waals surface area (Å²) < 4.78 is 38.9. The fourth-order valence-electron chi connectivity index (χ4n) is 3.46. The molecule has 1 amide bonds. The lowest BCUT2D eigenvalue weighted by Crippen LogP contribution is -2.50. The van der Waals surface area contributed by atoms with Crippen LogP contribution in [0, 0.1) is 5.82 Å². The van der Waals surface area contributed by atoms with E-state index in [-0.39, 0.29) is 11.6 Å². The molecule has 1 aliphatic rings. The van der Waals surface area contributed by atoms with Gasteiger partial charge in [0, 0.05) is 13.1 Å². The second kappa shape index (κ2) is 10.0. The monoisotopic (exact) mass is 399 g/mol. The summed E-state index contributed by atoms with van der Waals surface area (Å²) in [6.07, 6.45) is 6.24. The van der Waals surface area contributed by atoms with E-state index in [1.807, 2.05) is 0 Å². The summed E-state index contributed by atoms with van der Waals surface area (Å²) in [4.78, 5) is 15.0. The normalized spacial score (nSPS) is 17.1. The zero-order chi connectivity index (χ0) is 19.9. The zero-order valence-electron chi connectivity index (χ0n) is 16.2. The van der Waals surface area contributed by atoms with Crippen LogP contribution in [-0.2, 0) is 14.8 Å². The molecular weight excluding hydrogens is 369 g/mol. The molecule has 1 aliphatic heterocycles. The van der Waals surface area contributed by atoms with Crippen LogP contribution in [0.3, 0.4) is 0 Å². The van der Waals surface area contributed by atoms with Crippen LogP contribution < -0.4 is 9.62 Å². The first-order valence-electron chi connectivity index (χ1n) is 9.58. The maximum absolute atomic E-state index is 13.2. The SMILES string of the molecule is CC[C@@H](C(=O)NCCN1CCCCCC1)N(c1ccc(F)cc1)S(C)(=O)=O. The minimum atomic E-state index is -3.70. The van der Waals surface area contributed by atoms with Crippen molar-refractivity contribution in [2.75, 3.05) is 36.7 Å². The van der Waals surface area contributed by atoms with Crippen molar-refractivity contribution in [3.8, 4) is 0 Å². The minimum Gasteiger partial charge on any atom is -0.353 e. The molecule has 1 aromatic rings. The van der Waals surface area contributed by atoms with E-state index in [0.29, 0.717) is 13.0 Å². The van der Waals surface area contributed by atoms with Crippen LogP contribution >= 0.6 is 0 Å². The highest BCUT2D eigenvalue weighted by Gasteiger charge is 2.31. The number of nitrogens with one attached hydrogen (secondary N) is 1. The van der Waals surface area contributed by atoms with Crippen LogP contribution in [0.25, 0.3) is 0 Å².